The highest BCUT2D eigenvalue weighted by atomic mass is 79.9. The fraction of sp³-hybridized carbons (Fsp3) is 0.333. The number of aromatic nitrogens is 1. The van der Waals surface area contributed by atoms with E-state index < -0.39 is 0 Å². The van der Waals surface area contributed by atoms with E-state index in [2.05, 4.69) is 15.9 Å². The third kappa shape index (κ3) is 3.56. The zero-order valence-corrected chi connectivity index (χ0v) is 15.9. The first kappa shape index (κ1) is 17.5. The van der Waals surface area contributed by atoms with Crippen LogP contribution in [0.15, 0.2) is 39.6 Å². The lowest BCUT2D eigenvalue weighted by Gasteiger charge is -2.39. The van der Waals surface area contributed by atoms with Crippen molar-refractivity contribution in [1.29, 1.82) is 0 Å². The van der Waals surface area contributed by atoms with Crippen LogP contribution in [0.4, 0.5) is 0 Å². The first-order valence-corrected chi connectivity index (χ1v) is 8.65. The Kier molecular flexibility index (Phi) is 4.85. The molecule has 0 N–H and O–H groups in total. The lowest BCUT2D eigenvalue weighted by molar-refractivity contribution is 0.0176. The molecule has 1 amide bonds. The lowest BCUT2D eigenvalue weighted by Crippen LogP contribution is -2.56. The molecule has 0 aliphatic carbocycles. The summed E-state index contributed by atoms with van der Waals surface area (Å²) in [6, 6.07) is 8.59. The number of methoxy groups -OCH3 is 1. The van der Waals surface area contributed by atoms with Crippen molar-refractivity contribution in [3.8, 4) is 11.5 Å². The Morgan fingerprint density at radius 2 is 1.92 bits per heavy atom. The molecule has 0 unspecified atom stereocenters. The van der Waals surface area contributed by atoms with E-state index in [1.165, 1.54) is 6.07 Å². The molecule has 132 valence electrons. The van der Waals surface area contributed by atoms with Crippen LogP contribution in [0.5, 0.6) is 11.5 Å². The van der Waals surface area contributed by atoms with Crippen LogP contribution < -0.4 is 15.0 Å². The Labute approximate surface area is 154 Å². The fourth-order valence-corrected chi connectivity index (χ4v) is 3.06. The van der Waals surface area contributed by atoms with Gasteiger partial charge in [-0.15, -0.1) is 0 Å². The van der Waals surface area contributed by atoms with Gasteiger partial charge in [-0.05, 0) is 47.1 Å². The summed E-state index contributed by atoms with van der Waals surface area (Å²) in [6.45, 7) is 2.82. The van der Waals surface area contributed by atoms with E-state index in [4.69, 9.17) is 9.47 Å². The Morgan fingerprint density at radius 3 is 2.56 bits per heavy atom. The second kappa shape index (κ2) is 6.92. The summed E-state index contributed by atoms with van der Waals surface area (Å²) >= 11 is 3.40. The SMILES string of the molecule is COc1ccc(Br)c(C(=O)N2CC(Oc3cc(C)n(C)c(=O)c3)C2)c1. The van der Waals surface area contributed by atoms with Gasteiger partial charge < -0.3 is 18.9 Å². The summed E-state index contributed by atoms with van der Waals surface area (Å²) in [7, 11) is 3.29. The number of rotatable bonds is 4. The van der Waals surface area contributed by atoms with E-state index in [0.717, 1.165) is 10.2 Å². The molecular weight excluding hydrogens is 388 g/mol. The molecule has 1 fully saturated rings. The van der Waals surface area contributed by atoms with E-state index in [-0.39, 0.29) is 17.6 Å². The summed E-state index contributed by atoms with van der Waals surface area (Å²) in [5.41, 5.74) is 1.28. The highest BCUT2D eigenvalue weighted by Gasteiger charge is 2.33. The van der Waals surface area contributed by atoms with Crippen molar-refractivity contribution >= 4 is 21.8 Å². The third-order valence-electron chi connectivity index (χ3n) is 4.32. The summed E-state index contributed by atoms with van der Waals surface area (Å²) < 4.78 is 13.3. The fourth-order valence-electron chi connectivity index (χ4n) is 2.64. The van der Waals surface area contributed by atoms with Gasteiger partial charge in [0.1, 0.15) is 17.6 Å². The maximum absolute atomic E-state index is 12.6. The third-order valence-corrected chi connectivity index (χ3v) is 5.01. The Balaban J connectivity index is 1.65. The average molecular weight is 407 g/mol. The zero-order chi connectivity index (χ0) is 18.1. The second-order valence-corrected chi connectivity index (χ2v) is 6.88. The van der Waals surface area contributed by atoms with Gasteiger partial charge in [-0.2, -0.15) is 0 Å². The van der Waals surface area contributed by atoms with Crippen LogP contribution in [0.2, 0.25) is 0 Å². The Morgan fingerprint density at radius 1 is 1.20 bits per heavy atom. The molecule has 0 spiro atoms. The summed E-state index contributed by atoms with van der Waals surface area (Å²) in [6.07, 6.45) is -0.111. The first-order chi connectivity index (χ1) is 11.9. The summed E-state index contributed by atoms with van der Waals surface area (Å²) in [4.78, 5) is 26.1. The summed E-state index contributed by atoms with van der Waals surface area (Å²) in [5, 5.41) is 0. The molecule has 1 aromatic heterocycles. The molecular formula is C18H19BrN2O4. The van der Waals surface area contributed by atoms with E-state index in [0.29, 0.717) is 30.2 Å². The summed E-state index contributed by atoms with van der Waals surface area (Å²) in [5.74, 6) is 1.10. The molecule has 0 saturated carbocycles. The van der Waals surface area contributed by atoms with Gasteiger partial charge >= 0.3 is 0 Å². The topological polar surface area (TPSA) is 60.8 Å². The van der Waals surface area contributed by atoms with Crippen molar-refractivity contribution in [3.05, 3.63) is 56.4 Å². The van der Waals surface area contributed by atoms with Gasteiger partial charge in [0.15, 0.2) is 0 Å². The molecule has 0 atom stereocenters. The minimum atomic E-state index is -0.111. The number of benzene rings is 1. The standard InChI is InChI=1S/C18H19BrN2O4/c1-11-6-13(8-17(22)20(11)2)25-14-9-21(10-14)18(23)15-7-12(24-3)4-5-16(15)19/h4-8,14H,9-10H2,1-3H3. The van der Waals surface area contributed by atoms with E-state index in [9.17, 15) is 9.59 Å². The molecule has 2 aromatic rings. The predicted octanol–water partition coefficient (Wildman–Crippen LogP) is 2.37. The van der Waals surface area contributed by atoms with Crippen LogP contribution in [-0.2, 0) is 7.05 Å². The molecule has 0 bridgehead atoms. The average Bonchev–Trinajstić information content (AvgIpc) is 2.55. The van der Waals surface area contributed by atoms with Crippen LogP contribution in [0, 0.1) is 6.92 Å². The van der Waals surface area contributed by atoms with Crippen LogP contribution in [-0.4, -0.2) is 41.7 Å². The molecule has 2 heterocycles. The minimum absolute atomic E-state index is 0.0780. The number of carbonyl (C=O) groups is 1. The molecule has 0 radical (unpaired) electrons. The van der Waals surface area contributed by atoms with Crippen molar-refractivity contribution < 1.29 is 14.3 Å². The van der Waals surface area contributed by atoms with Crippen LogP contribution in [0.1, 0.15) is 16.1 Å². The first-order valence-electron chi connectivity index (χ1n) is 7.86. The molecule has 1 aliphatic heterocycles. The number of aryl methyl sites for hydroxylation is 1. The van der Waals surface area contributed by atoms with E-state index >= 15 is 0 Å². The van der Waals surface area contributed by atoms with Gasteiger partial charge in [0, 0.05) is 23.3 Å². The molecule has 6 nitrogen and oxygen atoms in total. The van der Waals surface area contributed by atoms with Crippen molar-refractivity contribution in [2.45, 2.75) is 13.0 Å². The van der Waals surface area contributed by atoms with Crippen molar-refractivity contribution in [2.75, 3.05) is 20.2 Å². The van der Waals surface area contributed by atoms with Gasteiger partial charge in [0.2, 0.25) is 0 Å². The number of hydrogen-bond donors (Lipinski definition) is 0. The second-order valence-electron chi connectivity index (χ2n) is 6.03. The van der Waals surface area contributed by atoms with Crippen LogP contribution >= 0.6 is 15.9 Å². The predicted molar refractivity (Wildman–Crippen MR) is 97.4 cm³/mol. The number of hydrogen-bond acceptors (Lipinski definition) is 4. The number of pyridine rings is 1. The Bertz CT molecular complexity index is 872. The molecule has 1 aliphatic rings. The maximum Gasteiger partial charge on any atom is 0.255 e. The number of amides is 1. The highest BCUT2D eigenvalue weighted by Crippen LogP contribution is 2.26. The minimum Gasteiger partial charge on any atom is -0.497 e. The molecule has 1 saturated heterocycles. The quantitative estimate of drug-likeness (QED) is 0.781. The van der Waals surface area contributed by atoms with E-state index in [1.807, 2.05) is 13.0 Å². The van der Waals surface area contributed by atoms with Crippen molar-refractivity contribution in [3.63, 3.8) is 0 Å². The van der Waals surface area contributed by atoms with Crippen LogP contribution in [0.25, 0.3) is 0 Å². The van der Waals surface area contributed by atoms with Gasteiger partial charge in [-0.25, -0.2) is 0 Å². The maximum atomic E-state index is 12.6. The monoisotopic (exact) mass is 406 g/mol. The largest absolute Gasteiger partial charge is 0.497 e. The van der Waals surface area contributed by atoms with Gasteiger partial charge in [-0.3, -0.25) is 9.59 Å². The lowest BCUT2D eigenvalue weighted by atomic mass is 10.1. The molecule has 3 rings (SSSR count). The number of halogens is 1. The molecule has 25 heavy (non-hydrogen) atoms. The number of ether oxygens (including phenoxy) is 2. The highest BCUT2D eigenvalue weighted by molar-refractivity contribution is 9.10. The zero-order valence-electron chi connectivity index (χ0n) is 14.3. The van der Waals surface area contributed by atoms with Gasteiger partial charge in [0.05, 0.1) is 25.8 Å². The Hall–Kier alpha value is -2.28. The van der Waals surface area contributed by atoms with Crippen molar-refractivity contribution in [1.82, 2.24) is 9.47 Å². The smallest absolute Gasteiger partial charge is 0.255 e. The number of nitrogens with zero attached hydrogens (tertiary/aromatic N) is 2. The molecule has 1 aromatic carbocycles. The van der Waals surface area contributed by atoms with Crippen molar-refractivity contribution in [2.24, 2.45) is 7.05 Å². The van der Waals surface area contributed by atoms with Gasteiger partial charge in [-0.1, -0.05) is 0 Å². The van der Waals surface area contributed by atoms with E-state index in [1.54, 1.807) is 41.8 Å². The van der Waals surface area contributed by atoms with Crippen LogP contribution in [0.3, 0.4) is 0 Å². The van der Waals surface area contributed by atoms with Gasteiger partial charge in [0.25, 0.3) is 11.5 Å². The normalized spacial score (nSPS) is 14.2. The number of likely N-dealkylation sites (tertiary alicyclic amines) is 1. The number of carbonyl (C=O) groups excluding carboxylic acids is 1. The molecule has 7 heteroatoms.